The van der Waals surface area contributed by atoms with Crippen LogP contribution in [0.5, 0.6) is 0 Å². The van der Waals surface area contributed by atoms with Gasteiger partial charge in [0.25, 0.3) is 5.91 Å². The Hall–Kier alpha value is -2.01. The van der Waals surface area contributed by atoms with Crippen molar-refractivity contribution in [3.63, 3.8) is 0 Å². The van der Waals surface area contributed by atoms with Gasteiger partial charge in [-0.3, -0.25) is 4.79 Å². The first-order valence-electron chi connectivity index (χ1n) is 5.92. The molecule has 0 bridgehead atoms. The number of nitrogens with zero attached hydrogens (tertiary/aromatic N) is 1. The minimum atomic E-state index is -0.306. The van der Waals surface area contributed by atoms with Crippen molar-refractivity contribution in [3.05, 3.63) is 69.9 Å². The normalized spacial score (nSPS) is 11.2. The Kier molecular flexibility index (Phi) is 4.63. The van der Waals surface area contributed by atoms with E-state index in [1.165, 1.54) is 12.1 Å². The topological polar surface area (TPSA) is 41.5 Å². The summed E-state index contributed by atoms with van der Waals surface area (Å²) in [6.45, 7) is 1.74. The molecule has 0 radical (unpaired) electrons. The molecule has 5 heteroatoms. The Morgan fingerprint density at radius 1 is 1.15 bits per heavy atom. The second-order valence-electron chi connectivity index (χ2n) is 4.16. The van der Waals surface area contributed by atoms with Crippen LogP contribution < -0.4 is 5.43 Å². The van der Waals surface area contributed by atoms with Crippen LogP contribution >= 0.6 is 15.9 Å². The van der Waals surface area contributed by atoms with Crippen LogP contribution in [0.4, 0.5) is 4.39 Å². The summed E-state index contributed by atoms with van der Waals surface area (Å²) in [6.07, 6.45) is 0. The lowest BCUT2D eigenvalue weighted by molar-refractivity contribution is 0.0955. The average Bonchev–Trinajstić information content (AvgIpc) is 2.45. The number of hydrogen-bond donors (Lipinski definition) is 1. The maximum atomic E-state index is 12.8. The molecule has 1 N–H and O–H groups in total. The van der Waals surface area contributed by atoms with E-state index in [2.05, 4.69) is 26.5 Å². The molecule has 0 saturated heterocycles. The van der Waals surface area contributed by atoms with Gasteiger partial charge in [-0.05, 0) is 42.8 Å². The smallest absolute Gasteiger partial charge is 0.267 e. The van der Waals surface area contributed by atoms with Crippen molar-refractivity contribution in [3.8, 4) is 0 Å². The maximum absolute atomic E-state index is 12.8. The molecule has 0 atom stereocenters. The zero-order valence-electron chi connectivity index (χ0n) is 10.7. The number of rotatable bonds is 3. The number of amides is 1. The second-order valence-corrected chi connectivity index (χ2v) is 5.07. The van der Waals surface area contributed by atoms with Crippen LogP contribution in [0.15, 0.2) is 58.1 Å². The summed E-state index contributed by atoms with van der Waals surface area (Å²) >= 11 is 3.30. The maximum Gasteiger partial charge on any atom is 0.271 e. The number of carbonyl (C=O) groups excluding carboxylic acids is 1. The standard InChI is InChI=1S/C15H12BrFN2O/c1-10(11-5-7-14(17)8-6-11)18-19-15(20)12-3-2-4-13(16)9-12/h2-9H,1H3,(H,19,20). The Morgan fingerprint density at radius 3 is 2.50 bits per heavy atom. The van der Waals surface area contributed by atoms with Gasteiger partial charge in [-0.1, -0.05) is 34.1 Å². The number of hydrogen-bond acceptors (Lipinski definition) is 2. The Bertz CT molecular complexity index is 653. The molecule has 20 heavy (non-hydrogen) atoms. The molecule has 0 aliphatic heterocycles. The molecule has 0 aliphatic carbocycles. The van der Waals surface area contributed by atoms with Gasteiger partial charge in [0, 0.05) is 10.0 Å². The molecule has 0 spiro atoms. The van der Waals surface area contributed by atoms with Crippen LogP contribution in [0, 0.1) is 5.82 Å². The first kappa shape index (κ1) is 14.4. The van der Waals surface area contributed by atoms with E-state index in [-0.39, 0.29) is 11.7 Å². The van der Waals surface area contributed by atoms with Gasteiger partial charge in [0.2, 0.25) is 0 Å². The number of benzene rings is 2. The van der Waals surface area contributed by atoms with Crippen molar-refractivity contribution in [2.75, 3.05) is 0 Å². The van der Waals surface area contributed by atoms with E-state index < -0.39 is 0 Å². The van der Waals surface area contributed by atoms with Crippen LogP contribution in [0.2, 0.25) is 0 Å². The molecule has 0 aliphatic rings. The van der Waals surface area contributed by atoms with Crippen LogP contribution in [-0.4, -0.2) is 11.6 Å². The highest BCUT2D eigenvalue weighted by Gasteiger charge is 2.05. The predicted molar refractivity (Wildman–Crippen MR) is 80.2 cm³/mol. The minimum Gasteiger partial charge on any atom is -0.267 e. The van der Waals surface area contributed by atoms with Crippen LogP contribution in [0.3, 0.4) is 0 Å². The van der Waals surface area contributed by atoms with E-state index in [0.717, 1.165) is 10.0 Å². The number of nitrogens with one attached hydrogen (secondary N) is 1. The van der Waals surface area contributed by atoms with E-state index >= 15 is 0 Å². The lowest BCUT2D eigenvalue weighted by Crippen LogP contribution is -2.19. The third-order valence-electron chi connectivity index (χ3n) is 2.67. The summed E-state index contributed by atoms with van der Waals surface area (Å²) in [6, 6.07) is 12.9. The fourth-order valence-electron chi connectivity index (χ4n) is 1.58. The Labute approximate surface area is 124 Å². The van der Waals surface area contributed by atoms with Crippen molar-refractivity contribution in [2.45, 2.75) is 6.92 Å². The molecule has 1 amide bonds. The fourth-order valence-corrected chi connectivity index (χ4v) is 1.98. The van der Waals surface area contributed by atoms with E-state index in [1.54, 1.807) is 37.3 Å². The molecular weight excluding hydrogens is 323 g/mol. The van der Waals surface area contributed by atoms with Crippen molar-refractivity contribution in [2.24, 2.45) is 5.10 Å². The molecule has 0 aromatic heterocycles. The van der Waals surface area contributed by atoms with Crippen molar-refractivity contribution >= 4 is 27.5 Å². The Balaban J connectivity index is 2.08. The molecule has 2 aromatic rings. The van der Waals surface area contributed by atoms with Gasteiger partial charge >= 0.3 is 0 Å². The summed E-state index contributed by atoms with van der Waals surface area (Å²) in [7, 11) is 0. The van der Waals surface area contributed by atoms with Crippen LogP contribution in [-0.2, 0) is 0 Å². The Morgan fingerprint density at radius 2 is 1.85 bits per heavy atom. The van der Waals surface area contributed by atoms with Gasteiger partial charge in [-0.2, -0.15) is 5.10 Å². The highest BCUT2D eigenvalue weighted by atomic mass is 79.9. The van der Waals surface area contributed by atoms with Gasteiger partial charge in [-0.15, -0.1) is 0 Å². The zero-order chi connectivity index (χ0) is 14.5. The van der Waals surface area contributed by atoms with Gasteiger partial charge in [0.1, 0.15) is 5.82 Å². The van der Waals surface area contributed by atoms with E-state index in [9.17, 15) is 9.18 Å². The summed E-state index contributed by atoms with van der Waals surface area (Å²) in [5.74, 6) is -0.604. The third kappa shape index (κ3) is 3.74. The molecule has 3 nitrogen and oxygen atoms in total. The highest BCUT2D eigenvalue weighted by molar-refractivity contribution is 9.10. The van der Waals surface area contributed by atoms with Crippen molar-refractivity contribution in [1.29, 1.82) is 0 Å². The number of hydrazone groups is 1. The molecule has 0 unspecified atom stereocenters. The molecule has 2 aromatic carbocycles. The van der Waals surface area contributed by atoms with Gasteiger partial charge in [0.15, 0.2) is 0 Å². The first-order valence-corrected chi connectivity index (χ1v) is 6.72. The predicted octanol–water partition coefficient (Wildman–Crippen LogP) is 3.74. The van der Waals surface area contributed by atoms with E-state index in [4.69, 9.17) is 0 Å². The quantitative estimate of drug-likeness (QED) is 0.674. The third-order valence-corrected chi connectivity index (χ3v) is 3.17. The minimum absolute atomic E-state index is 0.298. The lowest BCUT2D eigenvalue weighted by atomic mass is 10.1. The largest absolute Gasteiger partial charge is 0.271 e. The molecule has 0 heterocycles. The summed E-state index contributed by atoms with van der Waals surface area (Å²) < 4.78 is 13.6. The molecule has 0 saturated carbocycles. The average molecular weight is 335 g/mol. The second kappa shape index (κ2) is 6.43. The lowest BCUT2D eigenvalue weighted by Gasteiger charge is -2.03. The summed E-state index contributed by atoms with van der Waals surface area (Å²) in [5, 5.41) is 4.01. The molecule has 102 valence electrons. The van der Waals surface area contributed by atoms with Crippen molar-refractivity contribution < 1.29 is 9.18 Å². The molecule has 2 rings (SSSR count). The van der Waals surface area contributed by atoms with Crippen LogP contribution in [0.1, 0.15) is 22.8 Å². The molecule has 0 fully saturated rings. The van der Waals surface area contributed by atoms with E-state index in [0.29, 0.717) is 11.3 Å². The summed E-state index contributed by atoms with van der Waals surface area (Å²) in [5.41, 5.74) is 4.34. The van der Waals surface area contributed by atoms with Gasteiger partial charge < -0.3 is 0 Å². The van der Waals surface area contributed by atoms with Crippen molar-refractivity contribution in [1.82, 2.24) is 5.43 Å². The fraction of sp³-hybridized carbons (Fsp3) is 0.0667. The number of halogens is 2. The van der Waals surface area contributed by atoms with Gasteiger partial charge in [0.05, 0.1) is 5.71 Å². The van der Waals surface area contributed by atoms with Gasteiger partial charge in [-0.25, -0.2) is 9.82 Å². The van der Waals surface area contributed by atoms with Crippen LogP contribution in [0.25, 0.3) is 0 Å². The molecular formula is C15H12BrFN2O. The summed E-state index contributed by atoms with van der Waals surface area (Å²) in [4.78, 5) is 11.9. The highest BCUT2D eigenvalue weighted by Crippen LogP contribution is 2.11. The zero-order valence-corrected chi connectivity index (χ0v) is 12.3. The SMILES string of the molecule is CC(=NNC(=O)c1cccc(Br)c1)c1ccc(F)cc1. The number of carbonyl (C=O) groups is 1. The first-order chi connectivity index (χ1) is 9.56. The van der Waals surface area contributed by atoms with E-state index in [1.807, 2.05) is 6.07 Å². The monoisotopic (exact) mass is 334 g/mol.